The monoisotopic (exact) mass is 207 g/mol. The second-order valence-corrected chi connectivity index (χ2v) is 4.34. The van der Waals surface area contributed by atoms with Crippen LogP contribution >= 0.6 is 11.3 Å². The van der Waals surface area contributed by atoms with Gasteiger partial charge in [0.2, 0.25) is 0 Å². The molecule has 1 heterocycles. The molecule has 0 atom stereocenters. The first kappa shape index (κ1) is 9.52. The third kappa shape index (κ3) is 1.39. The van der Waals surface area contributed by atoms with E-state index in [1.807, 2.05) is 25.1 Å². The maximum absolute atomic E-state index is 9.06. The average Bonchev–Trinajstić information content (AvgIpc) is 2.44. The van der Waals surface area contributed by atoms with Crippen LogP contribution in [-0.2, 0) is 0 Å². The largest absolute Gasteiger partial charge is 0.501 e. The minimum atomic E-state index is -1.48. The number of hydrogen-bond acceptors (Lipinski definition) is 4. The molecule has 0 fully saturated rings. The Bertz CT molecular complexity index is 481. The number of benzene rings is 1. The number of thiophene rings is 1. The normalized spacial score (nSPS) is 10.8. The van der Waals surface area contributed by atoms with Crippen molar-refractivity contribution in [1.82, 2.24) is 0 Å². The first-order valence-electron chi connectivity index (χ1n) is 4.24. The van der Waals surface area contributed by atoms with Gasteiger partial charge >= 0.3 is 7.12 Å². The molecule has 0 saturated carbocycles. The fraction of sp³-hybridized carbons (Fsp3) is 0.111. The van der Waals surface area contributed by atoms with Crippen LogP contribution in [0.15, 0.2) is 18.2 Å². The molecule has 5 heteroatoms. The molecule has 3 nitrogen and oxygen atoms in total. The number of anilines is 1. The SMILES string of the molecule is Cc1ccc2sc(B(O)O)c(N)c2c1. The van der Waals surface area contributed by atoms with Crippen LogP contribution < -0.4 is 10.5 Å². The van der Waals surface area contributed by atoms with Crippen molar-refractivity contribution in [2.45, 2.75) is 6.92 Å². The Morgan fingerprint density at radius 3 is 2.71 bits per heavy atom. The summed E-state index contributed by atoms with van der Waals surface area (Å²) in [6.45, 7) is 1.98. The van der Waals surface area contributed by atoms with E-state index in [2.05, 4.69) is 0 Å². The summed E-state index contributed by atoms with van der Waals surface area (Å²) in [6, 6.07) is 5.87. The summed E-state index contributed by atoms with van der Waals surface area (Å²) in [6.07, 6.45) is 0. The van der Waals surface area contributed by atoms with Crippen LogP contribution in [0.25, 0.3) is 10.1 Å². The first-order chi connectivity index (χ1) is 6.59. The highest BCUT2D eigenvalue weighted by atomic mass is 32.1. The van der Waals surface area contributed by atoms with Crippen LogP contribution in [0.3, 0.4) is 0 Å². The number of nitrogens with two attached hydrogens (primary N) is 1. The van der Waals surface area contributed by atoms with E-state index in [0.717, 1.165) is 15.6 Å². The van der Waals surface area contributed by atoms with Gasteiger partial charge in [-0.25, -0.2) is 0 Å². The van der Waals surface area contributed by atoms with Crippen LogP contribution in [0.5, 0.6) is 0 Å². The highest BCUT2D eigenvalue weighted by Crippen LogP contribution is 2.26. The third-order valence-electron chi connectivity index (χ3n) is 2.15. The molecule has 0 saturated heterocycles. The zero-order valence-electron chi connectivity index (χ0n) is 7.69. The molecule has 1 aromatic heterocycles. The van der Waals surface area contributed by atoms with Crippen molar-refractivity contribution in [3.05, 3.63) is 23.8 Å². The van der Waals surface area contributed by atoms with Crippen LogP contribution in [0.1, 0.15) is 5.56 Å². The van der Waals surface area contributed by atoms with Gasteiger partial charge in [0.1, 0.15) is 0 Å². The lowest BCUT2D eigenvalue weighted by atomic mass is 9.87. The van der Waals surface area contributed by atoms with Crippen LogP contribution in [0.2, 0.25) is 0 Å². The molecule has 2 aromatic rings. The standard InChI is InChI=1S/C9H10BNO2S/c1-5-2-3-7-6(4-5)8(11)9(14-7)10(12)13/h2-4,12-13H,11H2,1H3. The summed E-state index contributed by atoms with van der Waals surface area (Å²) in [7, 11) is -1.48. The van der Waals surface area contributed by atoms with Gasteiger partial charge in [-0.15, -0.1) is 11.3 Å². The van der Waals surface area contributed by atoms with Crippen molar-refractivity contribution in [2.24, 2.45) is 0 Å². The van der Waals surface area contributed by atoms with Crippen LogP contribution in [0.4, 0.5) is 5.69 Å². The fourth-order valence-electron chi connectivity index (χ4n) is 1.44. The zero-order valence-corrected chi connectivity index (χ0v) is 8.51. The predicted octanol–water partition coefficient (Wildman–Crippen LogP) is 0.472. The van der Waals surface area contributed by atoms with Crippen LogP contribution in [0, 0.1) is 6.92 Å². The minimum Gasteiger partial charge on any atom is -0.423 e. The van der Waals surface area contributed by atoms with Gasteiger partial charge in [0.15, 0.2) is 0 Å². The Labute approximate surface area is 85.9 Å². The van der Waals surface area contributed by atoms with E-state index in [-0.39, 0.29) is 0 Å². The molecule has 72 valence electrons. The Kier molecular flexibility index (Phi) is 2.22. The smallest absolute Gasteiger partial charge is 0.423 e. The fourth-order valence-corrected chi connectivity index (χ4v) is 2.42. The second-order valence-electron chi connectivity index (χ2n) is 3.25. The number of fused-ring (bicyclic) bond motifs is 1. The lowest BCUT2D eigenvalue weighted by Gasteiger charge is -1.96. The Morgan fingerprint density at radius 2 is 2.07 bits per heavy atom. The topological polar surface area (TPSA) is 66.5 Å². The van der Waals surface area contributed by atoms with Crippen molar-refractivity contribution in [2.75, 3.05) is 5.73 Å². The van der Waals surface area contributed by atoms with E-state index < -0.39 is 7.12 Å². The van der Waals surface area contributed by atoms with E-state index in [9.17, 15) is 0 Å². The Morgan fingerprint density at radius 1 is 1.36 bits per heavy atom. The highest BCUT2D eigenvalue weighted by Gasteiger charge is 2.19. The van der Waals surface area contributed by atoms with Crippen molar-refractivity contribution in [3.63, 3.8) is 0 Å². The zero-order chi connectivity index (χ0) is 10.3. The summed E-state index contributed by atoms with van der Waals surface area (Å²) in [4.78, 5) is 0. The highest BCUT2D eigenvalue weighted by molar-refractivity contribution is 7.28. The van der Waals surface area contributed by atoms with Crippen molar-refractivity contribution in [3.8, 4) is 0 Å². The van der Waals surface area contributed by atoms with E-state index in [1.54, 1.807) is 0 Å². The quantitative estimate of drug-likeness (QED) is 0.595. The number of hydrogen-bond donors (Lipinski definition) is 3. The average molecular weight is 207 g/mol. The number of nitrogen functional groups attached to an aromatic ring is 1. The molecule has 0 aliphatic rings. The van der Waals surface area contributed by atoms with E-state index in [4.69, 9.17) is 15.8 Å². The minimum absolute atomic E-state index is 0.422. The van der Waals surface area contributed by atoms with E-state index >= 15 is 0 Å². The number of rotatable bonds is 1. The molecule has 0 radical (unpaired) electrons. The molecular formula is C9H10BNO2S. The maximum Gasteiger partial charge on any atom is 0.501 e. The molecule has 0 amide bonds. The molecule has 0 bridgehead atoms. The van der Waals surface area contributed by atoms with E-state index in [0.29, 0.717) is 10.5 Å². The summed E-state index contributed by atoms with van der Waals surface area (Å²) < 4.78 is 1.40. The lowest BCUT2D eigenvalue weighted by molar-refractivity contribution is 0.427. The van der Waals surface area contributed by atoms with E-state index in [1.165, 1.54) is 11.3 Å². The third-order valence-corrected chi connectivity index (χ3v) is 3.37. The van der Waals surface area contributed by atoms with Crippen molar-refractivity contribution in [1.29, 1.82) is 0 Å². The van der Waals surface area contributed by atoms with Crippen molar-refractivity contribution >= 4 is 39.0 Å². The first-order valence-corrected chi connectivity index (χ1v) is 5.06. The molecule has 0 spiro atoms. The van der Waals surface area contributed by atoms with Gasteiger partial charge in [-0.2, -0.15) is 0 Å². The summed E-state index contributed by atoms with van der Waals surface area (Å²) in [5, 5.41) is 19.0. The van der Waals surface area contributed by atoms with Gasteiger partial charge < -0.3 is 15.8 Å². The summed E-state index contributed by atoms with van der Waals surface area (Å²) in [5.41, 5.74) is 7.39. The molecule has 14 heavy (non-hydrogen) atoms. The Balaban J connectivity index is 2.74. The molecule has 0 unspecified atom stereocenters. The van der Waals surface area contributed by atoms with Gasteiger partial charge in [-0.3, -0.25) is 0 Å². The van der Waals surface area contributed by atoms with Crippen LogP contribution in [-0.4, -0.2) is 17.2 Å². The van der Waals surface area contributed by atoms with Gasteiger partial charge in [0.05, 0.1) is 4.78 Å². The molecule has 1 aromatic carbocycles. The molecular weight excluding hydrogens is 197 g/mol. The lowest BCUT2D eigenvalue weighted by Crippen LogP contribution is -2.28. The number of aryl methyl sites for hydroxylation is 1. The van der Waals surface area contributed by atoms with Gasteiger partial charge in [-0.1, -0.05) is 11.6 Å². The van der Waals surface area contributed by atoms with Gasteiger partial charge in [-0.05, 0) is 19.1 Å². The molecule has 0 aliphatic heterocycles. The van der Waals surface area contributed by atoms with Crippen molar-refractivity contribution < 1.29 is 10.0 Å². The second kappa shape index (κ2) is 3.27. The molecule has 2 rings (SSSR count). The maximum atomic E-state index is 9.06. The van der Waals surface area contributed by atoms with Gasteiger partial charge in [0, 0.05) is 15.8 Å². The molecule has 0 aliphatic carbocycles. The van der Waals surface area contributed by atoms with Gasteiger partial charge in [0.25, 0.3) is 0 Å². The summed E-state index contributed by atoms with van der Waals surface area (Å²) in [5.74, 6) is 0. The molecule has 4 N–H and O–H groups in total. The summed E-state index contributed by atoms with van der Waals surface area (Å²) >= 11 is 1.32. The Hall–Kier alpha value is -1.04. The predicted molar refractivity (Wildman–Crippen MR) is 60.8 cm³/mol.